The van der Waals surface area contributed by atoms with E-state index < -0.39 is 11.7 Å². The highest BCUT2D eigenvalue weighted by molar-refractivity contribution is 5.68. The van der Waals surface area contributed by atoms with Crippen LogP contribution in [0.3, 0.4) is 0 Å². The van der Waals surface area contributed by atoms with E-state index in [0.717, 1.165) is 0 Å². The first kappa shape index (κ1) is 14.9. The summed E-state index contributed by atoms with van der Waals surface area (Å²) < 4.78 is 5.08. The molecular weight excluding hydrogens is 244 g/mol. The van der Waals surface area contributed by atoms with Crippen LogP contribution in [0.15, 0.2) is 24.3 Å². The first-order valence-corrected chi connectivity index (χ1v) is 6.00. The summed E-state index contributed by atoms with van der Waals surface area (Å²) in [6.45, 7) is 5.71. The van der Waals surface area contributed by atoms with Crippen molar-refractivity contribution in [1.82, 2.24) is 5.32 Å². The molecule has 1 aromatic rings. The molecule has 104 valence electrons. The smallest absolute Gasteiger partial charge is 0.407 e. The zero-order valence-electron chi connectivity index (χ0n) is 11.4. The lowest BCUT2D eigenvalue weighted by molar-refractivity contribution is 0.0534. The molecule has 19 heavy (non-hydrogen) atoms. The number of nitrogens with one attached hydrogen (secondary N) is 1. The Balaban J connectivity index is 2.47. The number of carbonyl (C=O) groups is 1. The predicted molar refractivity (Wildman–Crippen MR) is 75.8 cm³/mol. The molecule has 0 spiro atoms. The number of benzene rings is 1. The SMILES string of the molecule is CC(C)(C)OC(=O)NCC=Cc1cc(N)ccc1O. The second kappa shape index (κ2) is 6.13. The highest BCUT2D eigenvalue weighted by Gasteiger charge is 2.14. The van der Waals surface area contributed by atoms with Crippen molar-refractivity contribution in [2.75, 3.05) is 12.3 Å². The van der Waals surface area contributed by atoms with E-state index in [4.69, 9.17) is 10.5 Å². The van der Waals surface area contributed by atoms with Crippen molar-refractivity contribution in [2.45, 2.75) is 26.4 Å². The van der Waals surface area contributed by atoms with Crippen LogP contribution in [-0.2, 0) is 4.74 Å². The fourth-order valence-corrected chi connectivity index (χ4v) is 1.35. The van der Waals surface area contributed by atoms with E-state index in [2.05, 4.69) is 5.32 Å². The molecule has 0 aromatic heterocycles. The average molecular weight is 264 g/mol. The van der Waals surface area contributed by atoms with E-state index in [1.807, 2.05) is 0 Å². The Morgan fingerprint density at radius 1 is 1.47 bits per heavy atom. The summed E-state index contributed by atoms with van der Waals surface area (Å²) >= 11 is 0. The van der Waals surface area contributed by atoms with Crippen LogP contribution in [0.4, 0.5) is 10.5 Å². The normalized spacial score (nSPS) is 11.5. The molecule has 0 saturated carbocycles. The molecule has 0 bridgehead atoms. The van der Waals surface area contributed by atoms with E-state index in [1.54, 1.807) is 45.1 Å². The third-order valence-corrected chi connectivity index (χ3v) is 2.11. The van der Waals surface area contributed by atoms with Crippen LogP contribution >= 0.6 is 0 Å². The van der Waals surface area contributed by atoms with Crippen LogP contribution in [-0.4, -0.2) is 23.3 Å². The largest absolute Gasteiger partial charge is 0.507 e. The van der Waals surface area contributed by atoms with Crippen LogP contribution in [0.25, 0.3) is 6.08 Å². The Bertz CT molecular complexity index is 476. The third kappa shape index (κ3) is 5.81. The van der Waals surface area contributed by atoms with E-state index in [-0.39, 0.29) is 5.75 Å². The van der Waals surface area contributed by atoms with Gasteiger partial charge in [0.25, 0.3) is 0 Å². The summed E-state index contributed by atoms with van der Waals surface area (Å²) in [5, 5.41) is 12.2. The van der Waals surface area contributed by atoms with E-state index in [1.165, 1.54) is 6.07 Å². The summed E-state index contributed by atoms with van der Waals surface area (Å²) in [5.41, 5.74) is 6.27. The number of aromatic hydroxyl groups is 1. The molecule has 5 nitrogen and oxygen atoms in total. The number of amides is 1. The number of phenols is 1. The number of hydrogen-bond donors (Lipinski definition) is 3. The number of hydrogen-bond acceptors (Lipinski definition) is 4. The van der Waals surface area contributed by atoms with Crippen molar-refractivity contribution < 1.29 is 14.6 Å². The number of nitrogens with two attached hydrogens (primary N) is 1. The van der Waals surface area contributed by atoms with Crippen molar-refractivity contribution in [2.24, 2.45) is 0 Å². The molecule has 5 heteroatoms. The standard InChI is InChI=1S/C14H20N2O3/c1-14(2,3)19-13(18)16-8-4-5-10-9-11(15)6-7-12(10)17/h4-7,9,17H,8,15H2,1-3H3,(H,16,18). The number of nitrogen functional groups attached to an aromatic ring is 1. The predicted octanol–water partition coefficient (Wildman–Crippen LogP) is 2.51. The van der Waals surface area contributed by atoms with Gasteiger partial charge in [-0.05, 0) is 39.0 Å². The Morgan fingerprint density at radius 2 is 2.16 bits per heavy atom. The maximum atomic E-state index is 11.4. The van der Waals surface area contributed by atoms with Gasteiger partial charge < -0.3 is 20.9 Å². The number of ether oxygens (including phenoxy) is 1. The summed E-state index contributed by atoms with van der Waals surface area (Å²) in [5.74, 6) is 0.141. The van der Waals surface area contributed by atoms with Gasteiger partial charge in [-0.25, -0.2) is 4.79 Å². The van der Waals surface area contributed by atoms with Crippen molar-refractivity contribution in [1.29, 1.82) is 0 Å². The quantitative estimate of drug-likeness (QED) is 0.578. The first-order valence-electron chi connectivity index (χ1n) is 6.00. The average Bonchev–Trinajstić information content (AvgIpc) is 2.26. The zero-order valence-corrected chi connectivity index (χ0v) is 11.4. The molecule has 0 atom stereocenters. The van der Waals surface area contributed by atoms with Crippen LogP contribution in [0.2, 0.25) is 0 Å². The number of anilines is 1. The summed E-state index contributed by atoms with van der Waals surface area (Å²) in [4.78, 5) is 11.4. The molecule has 1 aromatic carbocycles. The van der Waals surface area contributed by atoms with Crippen molar-refractivity contribution in [3.63, 3.8) is 0 Å². The Morgan fingerprint density at radius 3 is 2.79 bits per heavy atom. The van der Waals surface area contributed by atoms with Gasteiger partial charge in [0.05, 0.1) is 0 Å². The number of carbonyl (C=O) groups excluding carboxylic acids is 1. The topological polar surface area (TPSA) is 84.6 Å². The first-order chi connectivity index (χ1) is 8.78. The van der Waals surface area contributed by atoms with E-state index in [9.17, 15) is 9.90 Å². The van der Waals surface area contributed by atoms with Crippen molar-refractivity contribution in [3.8, 4) is 5.75 Å². The zero-order chi connectivity index (χ0) is 14.5. The van der Waals surface area contributed by atoms with Crippen molar-refractivity contribution >= 4 is 17.9 Å². The molecule has 4 N–H and O–H groups in total. The Labute approximate surface area is 113 Å². The van der Waals surface area contributed by atoms with Gasteiger partial charge in [0.1, 0.15) is 11.4 Å². The minimum absolute atomic E-state index is 0.141. The van der Waals surface area contributed by atoms with E-state index >= 15 is 0 Å². The fourth-order valence-electron chi connectivity index (χ4n) is 1.35. The lowest BCUT2D eigenvalue weighted by atomic mass is 10.1. The molecule has 0 fully saturated rings. The van der Waals surface area contributed by atoms with Crippen molar-refractivity contribution in [3.05, 3.63) is 29.8 Å². The van der Waals surface area contributed by atoms with Gasteiger partial charge in [0, 0.05) is 17.8 Å². The maximum Gasteiger partial charge on any atom is 0.407 e. The number of rotatable bonds is 3. The molecule has 0 aliphatic heterocycles. The lowest BCUT2D eigenvalue weighted by Crippen LogP contribution is -2.32. The third-order valence-electron chi connectivity index (χ3n) is 2.11. The van der Waals surface area contributed by atoms with Crippen LogP contribution < -0.4 is 11.1 Å². The minimum atomic E-state index is -0.514. The molecule has 1 amide bonds. The number of phenolic OH excluding ortho intramolecular Hbond substituents is 1. The monoisotopic (exact) mass is 264 g/mol. The van der Waals surface area contributed by atoms with Gasteiger partial charge in [0.15, 0.2) is 0 Å². The minimum Gasteiger partial charge on any atom is -0.507 e. The van der Waals surface area contributed by atoms with Gasteiger partial charge >= 0.3 is 6.09 Å². The molecule has 0 unspecified atom stereocenters. The summed E-state index contributed by atoms with van der Waals surface area (Å²) in [6, 6.07) is 4.79. The molecule has 1 rings (SSSR count). The molecule has 0 radical (unpaired) electrons. The summed E-state index contributed by atoms with van der Waals surface area (Å²) in [6.07, 6.45) is 2.91. The highest BCUT2D eigenvalue weighted by Crippen LogP contribution is 2.20. The van der Waals surface area contributed by atoms with Gasteiger partial charge in [-0.15, -0.1) is 0 Å². The molecule has 0 heterocycles. The molecular formula is C14H20N2O3. The molecule has 0 saturated heterocycles. The van der Waals surface area contributed by atoms with Gasteiger partial charge in [-0.3, -0.25) is 0 Å². The van der Waals surface area contributed by atoms with Crippen LogP contribution in [0.5, 0.6) is 5.75 Å². The fraction of sp³-hybridized carbons (Fsp3) is 0.357. The Hall–Kier alpha value is -2.17. The maximum absolute atomic E-state index is 11.4. The van der Waals surface area contributed by atoms with Gasteiger partial charge in [-0.2, -0.15) is 0 Å². The van der Waals surface area contributed by atoms with E-state index in [0.29, 0.717) is 17.8 Å². The second-order valence-corrected chi connectivity index (χ2v) is 5.10. The van der Waals surface area contributed by atoms with Crippen LogP contribution in [0, 0.1) is 0 Å². The van der Waals surface area contributed by atoms with Gasteiger partial charge in [0.2, 0.25) is 0 Å². The highest BCUT2D eigenvalue weighted by atomic mass is 16.6. The molecule has 0 aliphatic rings. The summed E-state index contributed by atoms with van der Waals surface area (Å²) in [7, 11) is 0. The number of alkyl carbamates (subject to hydrolysis) is 1. The lowest BCUT2D eigenvalue weighted by Gasteiger charge is -2.19. The Kier molecular flexibility index (Phi) is 4.80. The van der Waals surface area contributed by atoms with Crippen LogP contribution in [0.1, 0.15) is 26.3 Å². The van der Waals surface area contributed by atoms with Gasteiger partial charge in [-0.1, -0.05) is 12.2 Å². The molecule has 0 aliphatic carbocycles. The second-order valence-electron chi connectivity index (χ2n) is 5.10.